The number of benzene rings is 3. The zero-order valence-electron chi connectivity index (χ0n) is 23.4. The summed E-state index contributed by atoms with van der Waals surface area (Å²) in [5.74, 6) is 0.829. The fourth-order valence-corrected chi connectivity index (χ4v) is 4.53. The molecule has 8 nitrogen and oxygen atoms in total. The predicted octanol–water partition coefficient (Wildman–Crippen LogP) is 4.24. The highest BCUT2D eigenvalue weighted by atomic mass is 16.5. The molecule has 0 radical (unpaired) electrons. The number of carbonyl (C=O) groups excluding carboxylic acids is 2. The van der Waals surface area contributed by atoms with Crippen molar-refractivity contribution in [1.82, 2.24) is 15.5 Å². The summed E-state index contributed by atoms with van der Waals surface area (Å²) in [7, 11) is 0. The highest BCUT2D eigenvalue weighted by Crippen LogP contribution is 2.31. The first-order valence-electron chi connectivity index (χ1n) is 13.9. The van der Waals surface area contributed by atoms with Gasteiger partial charge in [-0.25, -0.2) is 0 Å². The van der Waals surface area contributed by atoms with Crippen LogP contribution in [0.1, 0.15) is 25.8 Å². The van der Waals surface area contributed by atoms with Gasteiger partial charge in [-0.05, 0) is 56.6 Å². The van der Waals surface area contributed by atoms with Crippen LogP contribution in [0.3, 0.4) is 0 Å². The monoisotopic (exact) mass is 544 g/mol. The lowest BCUT2D eigenvalue weighted by Crippen LogP contribution is -2.56. The number of para-hydroxylation sites is 3. The van der Waals surface area contributed by atoms with Crippen LogP contribution in [0.5, 0.6) is 11.5 Å². The van der Waals surface area contributed by atoms with E-state index in [1.807, 2.05) is 84.9 Å². The first-order valence-corrected chi connectivity index (χ1v) is 13.9. The normalized spacial score (nSPS) is 14.7. The quantitative estimate of drug-likeness (QED) is 0.279. The SMILES string of the molecule is CC(C)(Nc1ccccc1Oc1ccccc1)C(=O)N[C@H](Cc1ccccc1)C(=O)NCCCN1CCOCC1. The van der Waals surface area contributed by atoms with Crippen LogP contribution in [-0.2, 0) is 20.7 Å². The standard InChI is InChI=1S/C32H40N4O4/c1-32(2,35-27-16-9-10-17-29(27)40-26-14-7-4-8-15-26)31(38)34-28(24-25-12-5-3-6-13-25)30(37)33-18-11-19-36-20-22-39-23-21-36/h3-10,12-17,28,35H,11,18-24H2,1-2H3,(H,33,37)(H,34,38)/t28-/m1/s1. The minimum atomic E-state index is -1.03. The number of rotatable bonds is 13. The summed E-state index contributed by atoms with van der Waals surface area (Å²) in [6.07, 6.45) is 1.23. The zero-order valence-corrected chi connectivity index (χ0v) is 23.4. The second-order valence-electron chi connectivity index (χ2n) is 10.5. The predicted molar refractivity (Wildman–Crippen MR) is 158 cm³/mol. The number of ether oxygens (including phenoxy) is 2. The van der Waals surface area contributed by atoms with Crippen LogP contribution in [0.4, 0.5) is 5.69 Å². The Hall–Kier alpha value is -3.88. The molecule has 1 aliphatic rings. The van der Waals surface area contributed by atoms with Crippen LogP contribution in [0, 0.1) is 0 Å². The zero-order chi connectivity index (χ0) is 28.2. The van der Waals surface area contributed by atoms with Crippen molar-refractivity contribution in [2.75, 3.05) is 44.7 Å². The minimum Gasteiger partial charge on any atom is -0.455 e. The third-order valence-corrected chi connectivity index (χ3v) is 6.83. The Kier molecular flexibility index (Phi) is 10.5. The molecule has 3 aromatic carbocycles. The van der Waals surface area contributed by atoms with Crippen LogP contribution < -0.4 is 20.7 Å². The molecule has 40 heavy (non-hydrogen) atoms. The van der Waals surface area contributed by atoms with Crippen LogP contribution in [0.2, 0.25) is 0 Å². The van der Waals surface area contributed by atoms with E-state index >= 15 is 0 Å². The topological polar surface area (TPSA) is 91.9 Å². The molecule has 1 aliphatic heterocycles. The molecule has 1 atom stereocenters. The molecular weight excluding hydrogens is 504 g/mol. The summed E-state index contributed by atoms with van der Waals surface area (Å²) in [5, 5.41) is 9.36. The van der Waals surface area contributed by atoms with Crippen molar-refractivity contribution in [1.29, 1.82) is 0 Å². The number of hydrogen-bond donors (Lipinski definition) is 3. The molecule has 0 aromatic heterocycles. The van der Waals surface area contributed by atoms with Crippen molar-refractivity contribution in [3.05, 3.63) is 90.5 Å². The highest BCUT2D eigenvalue weighted by molar-refractivity contribution is 5.93. The number of amides is 2. The lowest BCUT2D eigenvalue weighted by molar-refractivity contribution is -0.130. The largest absolute Gasteiger partial charge is 0.455 e. The second kappa shape index (κ2) is 14.5. The summed E-state index contributed by atoms with van der Waals surface area (Å²) in [6, 6.07) is 26.0. The first kappa shape index (κ1) is 29.1. The molecule has 0 unspecified atom stereocenters. The van der Waals surface area contributed by atoms with Crippen molar-refractivity contribution in [2.24, 2.45) is 0 Å². The first-order chi connectivity index (χ1) is 19.4. The average Bonchev–Trinajstić information content (AvgIpc) is 2.97. The molecule has 0 spiro atoms. The Bertz CT molecular complexity index is 1210. The van der Waals surface area contributed by atoms with Crippen molar-refractivity contribution in [3.8, 4) is 11.5 Å². The Morgan fingerprint density at radius 3 is 2.30 bits per heavy atom. The van der Waals surface area contributed by atoms with Gasteiger partial charge in [0, 0.05) is 26.1 Å². The minimum absolute atomic E-state index is 0.192. The van der Waals surface area contributed by atoms with Gasteiger partial charge in [0.05, 0.1) is 18.9 Å². The van der Waals surface area contributed by atoms with E-state index in [-0.39, 0.29) is 11.8 Å². The molecule has 0 bridgehead atoms. The van der Waals surface area contributed by atoms with Gasteiger partial charge in [0.25, 0.3) is 0 Å². The molecule has 3 N–H and O–H groups in total. The van der Waals surface area contributed by atoms with Crippen LogP contribution in [0.25, 0.3) is 0 Å². The smallest absolute Gasteiger partial charge is 0.245 e. The summed E-state index contributed by atoms with van der Waals surface area (Å²) >= 11 is 0. The number of nitrogens with one attached hydrogen (secondary N) is 3. The van der Waals surface area contributed by atoms with Crippen LogP contribution >= 0.6 is 0 Å². The van der Waals surface area contributed by atoms with E-state index in [0.717, 1.165) is 44.8 Å². The van der Waals surface area contributed by atoms with E-state index in [0.29, 0.717) is 30.2 Å². The van der Waals surface area contributed by atoms with Gasteiger partial charge in [-0.3, -0.25) is 14.5 Å². The van der Waals surface area contributed by atoms with Gasteiger partial charge < -0.3 is 25.4 Å². The van der Waals surface area contributed by atoms with E-state index in [9.17, 15) is 9.59 Å². The highest BCUT2D eigenvalue weighted by Gasteiger charge is 2.32. The molecule has 0 aliphatic carbocycles. The molecule has 0 saturated carbocycles. The van der Waals surface area contributed by atoms with Gasteiger partial charge in [-0.1, -0.05) is 60.7 Å². The molecule has 3 aromatic rings. The van der Waals surface area contributed by atoms with E-state index in [1.165, 1.54) is 0 Å². The fourth-order valence-electron chi connectivity index (χ4n) is 4.53. The lowest BCUT2D eigenvalue weighted by atomic mass is 10.00. The van der Waals surface area contributed by atoms with Gasteiger partial charge >= 0.3 is 0 Å². The molecule has 1 heterocycles. The van der Waals surface area contributed by atoms with E-state index in [2.05, 4.69) is 20.9 Å². The molecule has 1 saturated heterocycles. The summed E-state index contributed by atoms with van der Waals surface area (Å²) in [4.78, 5) is 29.2. The summed E-state index contributed by atoms with van der Waals surface area (Å²) < 4.78 is 11.5. The van der Waals surface area contributed by atoms with E-state index < -0.39 is 11.6 Å². The number of anilines is 1. The van der Waals surface area contributed by atoms with Gasteiger partial charge in [0.2, 0.25) is 11.8 Å². The molecule has 212 valence electrons. The van der Waals surface area contributed by atoms with Crippen molar-refractivity contribution < 1.29 is 19.1 Å². The molecular formula is C32H40N4O4. The Morgan fingerprint density at radius 2 is 1.57 bits per heavy atom. The number of morpholine rings is 1. The van der Waals surface area contributed by atoms with Gasteiger partial charge in [-0.2, -0.15) is 0 Å². The average molecular weight is 545 g/mol. The molecule has 4 rings (SSSR count). The lowest BCUT2D eigenvalue weighted by Gasteiger charge is -2.30. The molecule has 8 heteroatoms. The maximum atomic E-state index is 13.6. The maximum absolute atomic E-state index is 13.6. The summed E-state index contributed by atoms with van der Waals surface area (Å²) in [6.45, 7) is 8.38. The van der Waals surface area contributed by atoms with Crippen molar-refractivity contribution >= 4 is 17.5 Å². The third-order valence-electron chi connectivity index (χ3n) is 6.83. The third kappa shape index (κ3) is 8.83. The molecule has 2 amide bonds. The fraction of sp³-hybridized carbons (Fsp3) is 0.375. The van der Waals surface area contributed by atoms with E-state index in [4.69, 9.17) is 9.47 Å². The number of hydrogen-bond acceptors (Lipinski definition) is 6. The van der Waals surface area contributed by atoms with Crippen molar-refractivity contribution in [3.63, 3.8) is 0 Å². The van der Waals surface area contributed by atoms with Gasteiger partial charge in [0.1, 0.15) is 17.3 Å². The van der Waals surface area contributed by atoms with Gasteiger partial charge in [0.15, 0.2) is 5.75 Å². The second-order valence-corrected chi connectivity index (χ2v) is 10.5. The van der Waals surface area contributed by atoms with Crippen LogP contribution in [-0.4, -0.2) is 67.7 Å². The Morgan fingerprint density at radius 1 is 0.925 bits per heavy atom. The molecule has 1 fully saturated rings. The summed E-state index contributed by atoms with van der Waals surface area (Å²) in [5.41, 5.74) is 0.629. The van der Waals surface area contributed by atoms with Crippen LogP contribution in [0.15, 0.2) is 84.9 Å². The van der Waals surface area contributed by atoms with E-state index in [1.54, 1.807) is 13.8 Å². The Labute approximate surface area is 237 Å². The van der Waals surface area contributed by atoms with Crippen molar-refractivity contribution in [2.45, 2.75) is 38.3 Å². The Balaban J connectivity index is 1.39. The number of carbonyl (C=O) groups is 2. The van der Waals surface area contributed by atoms with Gasteiger partial charge in [-0.15, -0.1) is 0 Å². The maximum Gasteiger partial charge on any atom is 0.245 e. The number of nitrogens with zero attached hydrogens (tertiary/aromatic N) is 1.